The fraction of sp³-hybridized carbons (Fsp3) is 0.462. The van der Waals surface area contributed by atoms with Gasteiger partial charge in [0.1, 0.15) is 5.82 Å². The summed E-state index contributed by atoms with van der Waals surface area (Å²) in [5.41, 5.74) is 1.63. The van der Waals surface area contributed by atoms with Crippen molar-refractivity contribution < 1.29 is 4.39 Å². The van der Waals surface area contributed by atoms with Gasteiger partial charge in [-0.15, -0.1) is 0 Å². The normalized spacial score (nSPS) is 16.6. The number of rotatable bonds is 4. The van der Waals surface area contributed by atoms with E-state index < -0.39 is 0 Å². The number of nitriles is 1. The van der Waals surface area contributed by atoms with E-state index in [4.69, 9.17) is 5.26 Å². The first-order chi connectivity index (χ1) is 7.67. The highest BCUT2D eigenvalue weighted by atomic mass is 19.1. The molecule has 3 heteroatoms. The van der Waals surface area contributed by atoms with Crippen LogP contribution in [0.4, 0.5) is 10.1 Å². The van der Waals surface area contributed by atoms with Crippen LogP contribution in [-0.4, -0.2) is 6.54 Å². The molecule has 0 unspecified atom stereocenters. The fourth-order valence-electron chi connectivity index (χ4n) is 1.84. The maximum absolute atomic E-state index is 13.3. The van der Waals surface area contributed by atoms with Crippen LogP contribution in [0.1, 0.15) is 24.8 Å². The van der Waals surface area contributed by atoms with Crippen molar-refractivity contribution in [3.05, 3.63) is 29.6 Å². The second-order valence-electron chi connectivity index (χ2n) is 4.60. The molecule has 1 fully saturated rings. The third kappa shape index (κ3) is 2.16. The summed E-state index contributed by atoms with van der Waals surface area (Å²) in [5.74, 6) is -0.185. The van der Waals surface area contributed by atoms with Crippen molar-refractivity contribution in [2.45, 2.75) is 26.2 Å². The Hall–Kier alpha value is -1.56. The standard InChI is InChI=1S/C13H15FN2/c1-10-11(14)3-2-4-12(10)16-9-13(5-6-13)7-8-15/h2-4,16H,5-7,9H2,1H3. The van der Waals surface area contributed by atoms with E-state index in [1.54, 1.807) is 13.0 Å². The summed E-state index contributed by atoms with van der Waals surface area (Å²) in [6.07, 6.45) is 2.79. The van der Waals surface area contributed by atoms with Gasteiger partial charge in [-0.05, 0) is 31.9 Å². The number of hydrogen-bond acceptors (Lipinski definition) is 2. The Morgan fingerprint density at radius 3 is 2.88 bits per heavy atom. The van der Waals surface area contributed by atoms with Crippen molar-refractivity contribution in [2.75, 3.05) is 11.9 Å². The predicted octanol–water partition coefficient (Wildman–Crippen LogP) is 3.24. The summed E-state index contributed by atoms with van der Waals surface area (Å²) >= 11 is 0. The van der Waals surface area contributed by atoms with E-state index in [-0.39, 0.29) is 11.2 Å². The Labute approximate surface area is 95.1 Å². The summed E-state index contributed by atoms with van der Waals surface area (Å²) in [7, 11) is 0. The molecule has 0 spiro atoms. The molecule has 2 nitrogen and oxygen atoms in total. The molecule has 16 heavy (non-hydrogen) atoms. The van der Waals surface area contributed by atoms with E-state index in [1.807, 2.05) is 6.07 Å². The van der Waals surface area contributed by atoms with E-state index in [0.29, 0.717) is 12.0 Å². The van der Waals surface area contributed by atoms with Crippen LogP contribution in [0.5, 0.6) is 0 Å². The maximum Gasteiger partial charge on any atom is 0.128 e. The van der Waals surface area contributed by atoms with Crippen molar-refractivity contribution in [1.82, 2.24) is 0 Å². The Morgan fingerprint density at radius 1 is 1.50 bits per heavy atom. The van der Waals surface area contributed by atoms with Crippen molar-refractivity contribution in [3.8, 4) is 6.07 Å². The van der Waals surface area contributed by atoms with Gasteiger partial charge in [0, 0.05) is 29.6 Å². The first kappa shape index (κ1) is 10.9. The van der Waals surface area contributed by atoms with Crippen LogP contribution in [0.2, 0.25) is 0 Å². The minimum absolute atomic E-state index is 0.146. The average molecular weight is 218 g/mol. The van der Waals surface area contributed by atoms with Gasteiger partial charge in [-0.1, -0.05) is 6.07 Å². The van der Waals surface area contributed by atoms with E-state index in [0.717, 1.165) is 25.1 Å². The monoisotopic (exact) mass is 218 g/mol. The predicted molar refractivity (Wildman–Crippen MR) is 61.5 cm³/mol. The van der Waals surface area contributed by atoms with E-state index in [1.165, 1.54) is 6.07 Å². The zero-order chi connectivity index (χ0) is 11.6. The maximum atomic E-state index is 13.3. The minimum atomic E-state index is -0.185. The summed E-state index contributed by atoms with van der Waals surface area (Å²) in [5, 5.41) is 12.0. The largest absolute Gasteiger partial charge is 0.384 e. The Kier molecular flexibility index (Phi) is 2.82. The summed E-state index contributed by atoms with van der Waals surface area (Å²) in [6.45, 7) is 2.53. The summed E-state index contributed by atoms with van der Waals surface area (Å²) in [4.78, 5) is 0. The topological polar surface area (TPSA) is 35.8 Å². The zero-order valence-corrected chi connectivity index (χ0v) is 9.39. The Bertz CT molecular complexity index is 430. The Balaban J connectivity index is 2.00. The number of halogens is 1. The third-order valence-electron chi connectivity index (χ3n) is 3.33. The minimum Gasteiger partial charge on any atom is -0.384 e. The lowest BCUT2D eigenvalue weighted by Crippen LogP contribution is -2.15. The molecule has 0 bridgehead atoms. The van der Waals surface area contributed by atoms with Gasteiger partial charge in [-0.2, -0.15) is 5.26 Å². The van der Waals surface area contributed by atoms with Crippen molar-refractivity contribution in [3.63, 3.8) is 0 Å². The molecule has 0 saturated heterocycles. The van der Waals surface area contributed by atoms with Crippen LogP contribution in [-0.2, 0) is 0 Å². The average Bonchev–Trinajstić information content (AvgIpc) is 3.02. The van der Waals surface area contributed by atoms with Gasteiger partial charge in [0.05, 0.1) is 6.07 Å². The van der Waals surface area contributed by atoms with Crippen molar-refractivity contribution in [1.29, 1.82) is 5.26 Å². The van der Waals surface area contributed by atoms with Crippen LogP contribution >= 0.6 is 0 Å². The lowest BCUT2D eigenvalue weighted by atomic mass is 10.0. The molecule has 1 N–H and O–H groups in total. The van der Waals surface area contributed by atoms with Gasteiger partial charge in [0.15, 0.2) is 0 Å². The van der Waals surface area contributed by atoms with Gasteiger partial charge in [-0.25, -0.2) is 4.39 Å². The summed E-state index contributed by atoms with van der Waals surface area (Å²) in [6, 6.07) is 7.26. The number of nitrogens with one attached hydrogen (secondary N) is 1. The molecule has 1 saturated carbocycles. The van der Waals surface area contributed by atoms with Gasteiger partial charge in [0.25, 0.3) is 0 Å². The molecular weight excluding hydrogens is 203 g/mol. The van der Waals surface area contributed by atoms with Crippen LogP contribution < -0.4 is 5.32 Å². The van der Waals surface area contributed by atoms with Crippen molar-refractivity contribution >= 4 is 5.69 Å². The van der Waals surface area contributed by atoms with Gasteiger partial charge in [0.2, 0.25) is 0 Å². The van der Waals surface area contributed by atoms with Gasteiger partial charge >= 0.3 is 0 Å². The molecule has 2 rings (SSSR count). The molecule has 1 aliphatic rings. The van der Waals surface area contributed by atoms with Crippen LogP contribution in [0.15, 0.2) is 18.2 Å². The molecule has 84 valence electrons. The van der Waals surface area contributed by atoms with Gasteiger partial charge in [-0.3, -0.25) is 0 Å². The first-order valence-corrected chi connectivity index (χ1v) is 5.53. The molecule has 0 aliphatic heterocycles. The number of hydrogen-bond donors (Lipinski definition) is 1. The Morgan fingerprint density at radius 2 is 2.25 bits per heavy atom. The lowest BCUT2D eigenvalue weighted by Gasteiger charge is -2.15. The van der Waals surface area contributed by atoms with Crippen LogP contribution in [0.25, 0.3) is 0 Å². The highest BCUT2D eigenvalue weighted by Gasteiger charge is 2.42. The molecule has 0 radical (unpaired) electrons. The number of benzene rings is 1. The third-order valence-corrected chi connectivity index (χ3v) is 3.33. The SMILES string of the molecule is Cc1c(F)cccc1NCC1(CC#N)CC1. The molecule has 0 heterocycles. The number of anilines is 1. The first-order valence-electron chi connectivity index (χ1n) is 5.53. The summed E-state index contributed by atoms with van der Waals surface area (Å²) < 4.78 is 13.3. The van der Waals surface area contributed by atoms with E-state index >= 15 is 0 Å². The molecule has 0 aromatic heterocycles. The fourth-order valence-corrected chi connectivity index (χ4v) is 1.84. The second-order valence-corrected chi connectivity index (χ2v) is 4.60. The van der Waals surface area contributed by atoms with E-state index in [9.17, 15) is 4.39 Å². The molecule has 0 amide bonds. The van der Waals surface area contributed by atoms with Crippen LogP contribution in [0, 0.1) is 29.5 Å². The van der Waals surface area contributed by atoms with Crippen molar-refractivity contribution in [2.24, 2.45) is 5.41 Å². The van der Waals surface area contributed by atoms with E-state index in [2.05, 4.69) is 11.4 Å². The smallest absolute Gasteiger partial charge is 0.128 e. The molecule has 0 atom stereocenters. The molecule has 1 aliphatic carbocycles. The highest BCUT2D eigenvalue weighted by molar-refractivity contribution is 5.51. The van der Waals surface area contributed by atoms with Crippen LogP contribution in [0.3, 0.4) is 0 Å². The lowest BCUT2D eigenvalue weighted by molar-refractivity contribution is 0.556. The molecule has 1 aromatic carbocycles. The molecular formula is C13H15FN2. The zero-order valence-electron chi connectivity index (χ0n) is 9.39. The molecule has 1 aromatic rings. The number of nitrogens with zero attached hydrogens (tertiary/aromatic N) is 1. The van der Waals surface area contributed by atoms with Gasteiger partial charge < -0.3 is 5.32 Å². The quantitative estimate of drug-likeness (QED) is 0.842. The highest BCUT2D eigenvalue weighted by Crippen LogP contribution is 2.48. The second kappa shape index (κ2) is 4.13.